The molecular formula is C22H20N4O4S2. The van der Waals surface area contributed by atoms with Crippen LogP contribution in [0.15, 0.2) is 75.2 Å². The Labute approximate surface area is 189 Å². The number of hydrogen-bond acceptors (Lipinski definition) is 7. The predicted octanol–water partition coefficient (Wildman–Crippen LogP) is 3.84. The molecule has 2 aromatic carbocycles. The Bertz CT molecular complexity index is 1390. The van der Waals surface area contributed by atoms with Crippen molar-refractivity contribution >= 4 is 44.3 Å². The summed E-state index contributed by atoms with van der Waals surface area (Å²) in [6, 6.07) is 15.9. The summed E-state index contributed by atoms with van der Waals surface area (Å²) >= 11 is 1.27. The van der Waals surface area contributed by atoms with E-state index >= 15 is 0 Å². The lowest BCUT2D eigenvalue weighted by Gasteiger charge is -2.11. The number of aromatic nitrogens is 2. The van der Waals surface area contributed by atoms with Crippen LogP contribution in [0.3, 0.4) is 0 Å². The minimum absolute atomic E-state index is 0.0839. The molecule has 0 aliphatic carbocycles. The summed E-state index contributed by atoms with van der Waals surface area (Å²) in [6.07, 6.45) is 1.55. The summed E-state index contributed by atoms with van der Waals surface area (Å²) in [5, 5.41) is 4.24. The molecule has 2 heterocycles. The van der Waals surface area contributed by atoms with Gasteiger partial charge in [-0.25, -0.2) is 23.1 Å². The van der Waals surface area contributed by atoms with E-state index in [9.17, 15) is 13.2 Å². The second-order valence-electron chi connectivity index (χ2n) is 6.87. The van der Waals surface area contributed by atoms with Crippen molar-refractivity contribution in [1.82, 2.24) is 14.7 Å². The van der Waals surface area contributed by atoms with Crippen molar-refractivity contribution in [3.63, 3.8) is 0 Å². The van der Waals surface area contributed by atoms with E-state index in [0.29, 0.717) is 27.9 Å². The Morgan fingerprint density at radius 1 is 1.09 bits per heavy atom. The maximum atomic E-state index is 12.6. The quantitative estimate of drug-likeness (QED) is 0.313. The molecule has 0 aliphatic heterocycles. The lowest BCUT2D eigenvalue weighted by Crippen LogP contribution is -2.20. The first kappa shape index (κ1) is 22.0. The predicted molar refractivity (Wildman–Crippen MR) is 124 cm³/mol. The number of amides is 1. The number of benzene rings is 2. The van der Waals surface area contributed by atoms with Crippen LogP contribution in [0, 0.1) is 6.92 Å². The third-order valence-corrected chi connectivity index (χ3v) is 7.23. The summed E-state index contributed by atoms with van der Waals surface area (Å²) in [4.78, 5) is 21.8. The molecule has 0 unspecified atom stereocenters. The van der Waals surface area contributed by atoms with E-state index in [1.54, 1.807) is 37.5 Å². The molecule has 32 heavy (non-hydrogen) atoms. The number of carbonyl (C=O) groups excluding carboxylic acids is 1. The Morgan fingerprint density at radius 3 is 2.66 bits per heavy atom. The van der Waals surface area contributed by atoms with Crippen LogP contribution in [-0.2, 0) is 14.8 Å². The number of hydrogen-bond donors (Lipinski definition) is 2. The molecule has 4 rings (SSSR count). The zero-order valence-electron chi connectivity index (χ0n) is 17.3. The molecule has 0 saturated heterocycles. The first-order valence-corrected chi connectivity index (χ1v) is 12.1. The number of rotatable bonds is 7. The van der Waals surface area contributed by atoms with Crippen molar-refractivity contribution in [3.8, 4) is 11.6 Å². The molecular weight excluding hydrogens is 448 g/mol. The topological polar surface area (TPSA) is 114 Å². The molecule has 0 atom stereocenters. The van der Waals surface area contributed by atoms with Gasteiger partial charge in [-0.15, -0.1) is 0 Å². The molecule has 4 aromatic rings. The lowest BCUT2D eigenvalue weighted by atomic mass is 10.2. The maximum Gasteiger partial charge on any atom is 0.240 e. The highest BCUT2D eigenvalue weighted by molar-refractivity contribution is 8.00. The van der Waals surface area contributed by atoms with Gasteiger partial charge in [0, 0.05) is 11.1 Å². The van der Waals surface area contributed by atoms with Crippen molar-refractivity contribution in [2.75, 3.05) is 18.1 Å². The Kier molecular flexibility index (Phi) is 6.26. The van der Waals surface area contributed by atoms with E-state index in [0.717, 1.165) is 10.9 Å². The second kappa shape index (κ2) is 9.11. The van der Waals surface area contributed by atoms with Gasteiger partial charge in [0.05, 0.1) is 22.4 Å². The van der Waals surface area contributed by atoms with Gasteiger partial charge in [0.15, 0.2) is 11.6 Å². The molecule has 0 spiro atoms. The Morgan fingerprint density at radius 2 is 1.91 bits per heavy atom. The second-order valence-corrected chi connectivity index (χ2v) is 9.69. The number of sulfonamides is 1. The first-order valence-electron chi connectivity index (χ1n) is 9.65. The Balaban J connectivity index is 1.54. The number of fused-ring (bicyclic) bond motifs is 1. The number of furan rings is 1. The highest BCUT2D eigenvalue weighted by Crippen LogP contribution is 2.29. The third-order valence-electron chi connectivity index (χ3n) is 4.68. The van der Waals surface area contributed by atoms with E-state index in [-0.39, 0.29) is 16.6 Å². The summed E-state index contributed by atoms with van der Waals surface area (Å²) in [6.45, 7) is 1.70. The zero-order chi connectivity index (χ0) is 22.7. The van der Waals surface area contributed by atoms with Crippen LogP contribution < -0.4 is 10.0 Å². The molecule has 2 aromatic heterocycles. The van der Waals surface area contributed by atoms with Gasteiger partial charge >= 0.3 is 0 Å². The van der Waals surface area contributed by atoms with Crippen molar-refractivity contribution in [2.45, 2.75) is 16.8 Å². The van der Waals surface area contributed by atoms with Gasteiger partial charge < -0.3 is 9.73 Å². The summed E-state index contributed by atoms with van der Waals surface area (Å²) in [5.74, 6) is 0.784. The average molecular weight is 469 g/mol. The van der Waals surface area contributed by atoms with Crippen molar-refractivity contribution < 1.29 is 17.6 Å². The molecule has 0 bridgehead atoms. The standard InChI is InChI=1S/C22H20N4O4S2/c1-14-9-10-15(12-19(14)32(28,29)23-2)24-20(27)13-31-22-16-6-3-4-7-17(16)25-21(26-22)18-8-5-11-30-18/h3-12,23H,13H2,1-2H3,(H,24,27). The fourth-order valence-electron chi connectivity index (χ4n) is 3.08. The fourth-order valence-corrected chi connectivity index (χ4v) is 4.89. The van der Waals surface area contributed by atoms with Gasteiger partial charge in [-0.3, -0.25) is 4.79 Å². The monoisotopic (exact) mass is 468 g/mol. The van der Waals surface area contributed by atoms with Crippen molar-refractivity contribution in [2.24, 2.45) is 0 Å². The largest absolute Gasteiger partial charge is 0.461 e. The highest BCUT2D eigenvalue weighted by atomic mass is 32.2. The van der Waals surface area contributed by atoms with E-state index in [4.69, 9.17) is 4.42 Å². The number of aryl methyl sites for hydroxylation is 1. The molecule has 0 aliphatic rings. The number of nitrogens with one attached hydrogen (secondary N) is 2. The van der Waals surface area contributed by atoms with Crippen LogP contribution in [0.4, 0.5) is 5.69 Å². The minimum Gasteiger partial charge on any atom is -0.461 e. The average Bonchev–Trinajstić information content (AvgIpc) is 3.33. The Hall–Kier alpha value is -3.21. The minimum atomic E-state index is -3.63. The number of carbonyl (C=O) groups is 1. The SMILES string of the molecule is CNS(=O)(=O)c1cc(NC(=O)CSc2nc(-c3ccco3)nc3ccccc23)ccc1C. The van der Waals surface area contributed by atoms with E-state index < -0.39 is 10.0 Å². The van der Waals surface area contributed by atoms with Gasteiger partial charge in [-0.1, -0.05) is 36.0 Å². The fraction of sp³-hybridized carbons (Fsp3) is 0.136. The van der Waals surface area contributed by atoms with Crippen LogP contribution in [0.2, 0.25) is 0 Å². The molecule has 0 fully saturated rings. The highest BCUT2D eigenvalue weighted by Gasteiger charge is 2.17. The van der Waals surface area contributed by atoms with Gasteiger partial charge in [0.1, 0.15) is 5.03 Å². The van der Waals surface area contributed by atoms with Crippen LogP contribution >= 0.6 is 11.8 Å². The van der Waals surface area contributed by atoms with E-state index in [1.807, 2.05) is 24.3 Å². The number of thioether (sulfide) groups is 1. The van der Waals surface area contributed by atoms with Crippen molar-refractivity contribution in [1.29, 1.82) is 0 Å². The van der Waals surface area contributed by atoms with Crippen LogP contribution in [0.25, 0.3) is 22.5 Å². The van der Waals surface area contributed by atoms with Crippen LogP contribution in [-0.4, -0.2) is 37.1 Å². The third kappa shape index (κ3) is 4.67. The smallest absolute Gasteiger partial charge is 0.240 e. The van der Waals surface area contributed by atoms with Crippen LogP contribution in [0.5, 0.6) is 0 Å². The normalized spacial score (nSPS) is 11.6. The lowest BCUT2D eigenvalue weighted by molar-refractivity contribution is -0.113. The van der Waals surface area contributed by atoms with Gasteiger partial charge in [-0.2, -0.15) is 0 Å². The summed E-state index contributed by atoms with van der Waals surface area (Å²) < 4.78 is 32.1. The van der Waals surface area contributed by atoms with Gasteiger partial charge in [0.2, 0.25) is 15.9 Å². The number of anilines is 1. The first-order chi connectivity index (χ1) is 15.4. The molecule has 0 saturated carbocycles. The number of para-hydroxylation sites is 1. The summed E-state index contributed by atoms with van der Waals surface area (Å²) in [5.41, 5.74) is 1.74. The zero-order valence-corrected chi connectivity index (χ0v) is 19.0. The molecule has 164 valence electrons. The summed E-state index contributed by atoms with van der Waals surface area (Å²) in [7, 11) is -2.28. The molecule has 8 nitrogen and oxygen atoms in total. The number of nitrogens with zero attached hydrogens (tertiary/aromatic N) is 2. The van der Waals surface area contributed by atoms with Crippen molar-refractivity contribution in [3.05, 3.63) is 66.4 Å². The van der Waals surface area contributed by atoms with Crippen LogP contribution in [0.1, 0.15) is 5.56 Å². The van der Waals surface area contributed by atoms with E-state index in [1.165, 1.54) is 24.9 Å². The molecule has 10 heteroatoms. The van der Waals surface area contributed by atoms with E-state index in [2.05, 4.69) is 20.0 Å². The molecule has 1 amide bonds. The molecule has 0 radical (unpaired) electrons. The van der Waals surface area contributed by atoms with Gasteiger partial charge in [0.25, 0.3) is 0 Å². The maximum absolute atomic E-state index is 12.6. The van der Waals surface area contributed by atoms with Gasteiger partial charge in [-0.05, 0) is 49.9 Å². The molecule has 2 N–H and O–H groups in total.